The Morgan fingerprint density at radius 3 is 2.10 bits per heavy atom. The molecular formula is C39H28N2. The average molecular weight is 525 g/mol. The minimum absolute atomic E-state index is 0.157. The van der Waals surface area contributed by atoms with E-state index in [2.05, 4.69) is 135 Å². The van der Waals surface area contributed by atoms with Crippen molar-refractivity contribution < 1.29 is 0 Å². The Morgan fingerprint density at radius 1 is 0.561 bits per heavy atom. The van der Waals surface area contributed by atoms with Crippen molar-refractivity contribution in [3.63, 3.8) is 0 Å². The summed E-state index contributed by atoms with van der Waals surface area (Å²) in [5.74, 6) is 0. The fourth-order valence-electron chi connectivity index (χ4n) is 6.74. The van der Waals surface area contributed by atoms with Gasteiger partial charge in [0.25, 0.3) is 0 Å². The molecule has 41 heavy (non-hydrogen) atoms. The van der Waals surface area contributed by atoms with E-state index >= 15 is 0 Å². The third kappa shape index (κ3) is 3.64. The number of hydrogen-bond donors (Lipinski definition) is 0. The predicted octanol–water partition coefficient (Wildman–Crippen LogP) is 10.1. The van der Waals surface area contributed by atoms with Gasteiger partial charge in [-0.1, -0.05) is 117 Å². The summed E-state index contributed by atoms with van der Waals surface area (Å²) in [5, 5.41) is 2.35. The molecule has 0 spiro atoms. The first-order valence-electron chi connectivity index (χ1n) is 14.2. The van der Waals surface area contributed by atoms with Crippen LogP contribution in [0.15, 0.2) is 134 Å². The smallest absolute Gasteiger partial charge is 0.0780 e. The third-order valence-corrected chi connectivity index (χ3v) is 8.66. The average Bonchev–Trinajstić information content (AvgIpc) is 3.26. The maximum absolute atomic E-state index is 5.22. The molecule has 0 fully saturated rings. The standard InChI is InChI=1S/C39H28N2/c1-39(2)33-20-5-3-17-31(33)38-36(39)35(32-18-4-6-21-34(32)41-38)29-15-8-13-27(24-29)26-12-7-14-28(23-26)30-19-9-11-25-16-10-22-40-37(25)30/h3-24H,1-2H3. The van der Waals surface area contributed by atoms with E-state index in [1.54, 1.807) is 0 Å². The third-order valence-electron chi connectivity index (χ3n) is 8.66. The van der Waals surface area contributed by atoms with Crippen LogP contribution in [0.1, 0.15) is 25.0 Å². The molecule has 0 radical (unpaired) electrons. The lowest BCUT2D eigenvalue weighted by Crippen LogP contribution is -2.16. The molecule has 0 unspecified atom stereocenters. The highest BCUT2D eigenvalue weighted by Crippen LogP contribution is 2.53. The summed E-state index contributed by atoms with van der Waals surface area (Å²) in [6, 6.07) is 45.7. The first-order chi connectivity index (χ1) is 20.1. The zero-order chi connectivity index (χ0) is 27.6. The molecule has 0 aliphatic heterocycles. The molecule has 194 valence electrons. The Hall–Kier alpha value is -5.08. The van der Waals surface area contributed by atoms with Crippen LogP contribution in [-0.4, -0.2) is 9.97 Å². The summed E-state index contributed by atoms with van der Waals surface area (Å²) >= 11 is 0. The molecule has 0 bridgehead atoms. The molecule has 7 aromatic rings. The van der Waals surface area contributed by atoms with Crippen molar-refractivity contribution in [3.05, 3.63) is 145 Å². The van der Waals surface area contributed by atoms with E-state index in [1.807, 2.05) is 12.3 Å². The predicted molar refractivity (Wildman–Crippen MR) is 171 cm³/mol. The minimum Gasteiger partial charge on any atom is -0.256 e. The maximum Gasteiger partial charge on any atom is 0.0780 e. The fourth-order valence-corrected chi connectivity index (χ4v) is 6.74. The van der Waals surface area contributed by atoms with E-state index in [9.17, 15) is 0 Å². The Labute approximate surface area is 240 Å². The molecule has 0 amide bonds. The van der Waals surface area contributed by atoms with Crippen molar-refractivity contribution in [3.8, 4) is 44.6 Å². The largest absolute Gasteiger partial charge is 0.256 e. The molecule has 0 N–H and O–H groups in total. The minimum atomic E-state index is -0.157. The van der Waals surface area contributed by atoms with Gasteiger partial charge in [-0.25, -0.2) is 4.98 Å². The van der Waals surface area contributed by atoms with E-state index in [1.165, 1.54) is 49.9 Å². The summed E-state index contributed by atoms with van der Waals surface area (Å²) < 4.78 is 0. The number of nitrogens with zero attached hydrogens (tertiary/aromatic N) is 2. The Balaban J connectivity index is 1.33. The number of fused-ring (bicyclic) bond motifs is 5. The Morgan fingerprint density at radius 2 is 1.22 bits per heavy atom. The number of aromatic nitrogens is 2. The highest BCUT2D eigenvalue weighted by molar-refractivity contribution is 6.03. The topological polar surface area (TPSA) is 25.8 Å². The van der Waals surface area contributed by atoms with Crippen LogP contribution < -0.4 is 0 Å². The molecule has 1 aliphatic carbocycles. The summed E-state index contributed by atoms with van der Waals surface area (Å²) in [6.07, 6.45) is 1.87. The zero-order valence-electron chi connectivity index (χ0n) is 23.1. The van der Waals surface area contributed by atoms with E-state index in [0.29, 0.717) is 0 Å². The monoisotopic (exact) mass is 524 g/mol. The van der Waals surface area contributed by atoms with Gasteiger partial charge in [-0.2, -0.15) is 0 Å². The van der Waals surface area contributed by atoms with E-state index in [-0.39, 0.29) is 5.41 Å². The lowest BCUT2D eigenvalue weighted by atomic mass is 9.78. The van der Waals surface area contributed by atoms with Gasteiger partial charge < -0.3 is 0 Å². The quantitative estimate of drug-likeness (QED) is 0.230. The normalized spacial score (nSPS) is 13.3. The van der Waals surface area contributed by atoms with Crippen LogP contribution >= 0.6 is 0 Å². The van der Waals surface area contributed by atoms with Crippen molar-refractivity contribution in [2.75, 3.05) is 0 Å². The van der Waals surface area contributed by atoms with Crippen molar-refractivity contribution in [2.45, 2.75) is 19.3 Å². The van der Waals surface area contributed by atoms with Crippen LogP contribution in [0.25, 0.3) is 66.4 Å². The highest BCUT2D eigenvalue weighted by Gasteiger charge is 2.39. The lowest BCUT2D eigenvalue weighted by Gasteiger charge is -2.25. The first-order valence-corrected chi connectivity index (χ1v) is 14.2. The molecule has 8 rings (SSSR count). The zero-order valence-corrected chi connectivity index (χ0v) is 23.1. The number of para-hydroxylation sites is 2. The van der Waals surface area contributed by atoms with Crippen molar-refractivity contribution in [1.29, 1.82) is 0 Å². The van der Waals surface area contributed by atoms with Gasteiger partial charge in [0.05, 0.1) is 16.7 Å². The summed E-state index contributed by atoms with van der Waals surface area (Å²) in [4.78, 5) is 9.92. The van der Waals surface area contributed by atoms with Crippen LogP contribution in [0.2, 0.25) is 0 Å². The molecular weight excluding hydrogens is 496 g/mol. The second-order valence-electron chi connectivity index (χ2n) is 11.4. The van der Waals surface area contributed by atoms with Gasteiger partial charge in [0, 0.05) is 33.5 Å². The van der Waals surface area contributed by atoms with Gasteiger partial charge in [0.2, 0.25) is 0 Å². The van der Waals surface area contributed by atoms with Crippen LogP contribution in [0.3, 0.4) is 0 Å². The summed E-state index contributed by atoms with van der Waals surface area (Å²) in [7, 11) is 0. The van der Waals surface area contributed by atoms with Gasteiger partial charge in [0.15, 0.2) is 0 Å². The van der Waals surface area contributed by atoms with Gasteiger partial charge in [-0.3, -0.25) is 4.98 Å². The van der Waals surface area contributed by atoms with E-state index in [0.717, 1.165) is 27.7 Å². The molecule has 0 saturated carbocycles. The number of benzene rings is 5. The molecule has 2 heterocycles. The maximum atomic E-state index is 5.22. The van der Waals surface area contributed by atoms with E-state index < -0.39 is 0 Å². The van der Waals surface area contributed by atoms with E-state index in [4.69, 9.17) is 9.97 Å². The molecule has 2 heteroatoms. The first kappa shape index (κ1) is 23.8. The Kier molecular flexibility index (Phi) is 5.20. The highest BCUT2D eigenvalue weighted by atomic mass is 14.7. The van der Waals surface area contributed by atoms with Crippen molar-refractivity contribution in [1.82, 2.24) is 9.97 Å². The van der Waals surface area contributed by atoms with Crippen LogP contribution in [0.4, 0.5) is 0 Å². The van der Waals surface area contributed by atoms with Crippen LogP contribution in [0, 0.1) is 0 Å². The van der Waals surface area contributed by atoms with Crippen LogP contribution in [0.5, 0.6) is 0 Å². The Bertz CT molecular complexity index is 2130. The van der Waals surface area contributed by atoms with Crippen LogP contribution in [-0.2, 0) is 5.41 Å². The number of hydrogen-bond acceptors (Lipinski definition) is 2. The van der Waals surface area contributed by atoms with Gasteiger partial charge in [-0.15, -0.1) is 0 Å². The van der Waals surface area contributed by atoms with Gasteiger partial charge >= 0.3 is 0 Å². The molecule has 1 aliphatic rings. The molecule has 5 aromatic carbocycles. The SMILES string of the molecule is CC1(C)c2ccccc2-c2nc3ccccc3c(-c3cccc(-c4cccc(-c5cccc6cccnc56)c4)c3)c21. The molecule has 2 aromatic heterocycles. The fraction of sp³-hybridized carbons (Fsp3) is 0.0769. The number of rotatable bonds is 3. The molecule has 2 nitrogen and oxygen atoms in total. The van der Waals surface area contributed by atoms with Crippen molar-refractivity contribution in [2.24, 2.45) is 0 Å². The number of pyridine rings is 2. The summed E-state index contributed by atoms with van der Waals surface area (Å²) in [6.45, 7) is 4.67. The molecule has 0 atom stereocenters. The van der Waals surface area contributed by atoms with Crippen molar-refractivity contribution >= 4 is 21.8 Å². The second kappa shape index (κ2) is 8.97. The molecule has 0 saturated heterocycles. The summed E-state index contributed by atoms with van der Waals surface area (Å²) in [5.41, 5.74) is 14.1. The lowest BCUT2D eigenvalue weighted by molar-refractivity contribution is 0.662. The second-order valence-corrected chi connectivity index (χ2v) is 11.4. The van der Waals surface area contributed by atoms with Gasteiger partial charge in [0.1, 0.15) is 0 Å². The van der Waals surface area contributed by atoms with Gasteiger partial charge in [-0.05, 0) is 63.2 Å².